The molecule has 0 fully saturated rings. The van der Waals surface area contributed by atoms with E-state index in [1.54, 1.807) is 0 Å². The van der Waals surface area contributed by atoms with E-state index in [0.29, 0.717) is 17.4 Å². The molecule has 0 heterocycles. The van der Waals surface area contributed by atoms with Crippen molar-refractivity contribution < 1.29 is 37.3 Å². The van der Waals surface area contributed by atoms with Crippen molar-refractivity contribution in [1.29, 1.82) is 0 Å². The van der Waals surface area contributed by atoms with E-state index in [0.717, 1.165) is 83.5 Å². The number of ether oxygens (including phenoxy) is 1. The van der Waals surface area contributed by atoms with E-state index in [4.69, 9.17) is 13.8 Å². The van der Waals surface area contributed by atoms with Gasteiger partial charge in [-0.15, -0.1) is 0 Å². The summed E-state index contributed by atoms with van der Waals surface area (Å²) >= 11 is 0. The average Bonchev–Trinajstić information content (AvgIpc) is 3.38. The fourth-order valence-corrected chi connectivity index (χ4v) is 10.0. The molecule has 0 aromatic rings. The SMILES string of the molecule is CC/C=C/C/C=C/C/C=C/C/C=C/CCCCCC(=O)NC(COP(=O)([O-])OCC[N+](C)(C)C)C(/C=C\CCCCCCCCCCC)OC(=O)CCCCCCCCCCCCCCCCCCCCCCCCC. The van der Waals surface area contributed by atoms with Gasteiger partial charge in [0.25, 0.3) is 7.82 Å². The van der Waals surface area contributed by atoms with Gasteiger partial charge in [-0.2, -0.15) is 0 Å². The van der Waals surface area contributed by atoms with Crippen LogP contribution in [0.4, 0.5) is 0 Å². The number of phosphoric ester groups is 1. The van der Waals surface area contributed by atoms with E-state index < -0.39 is 26.6 Å². The molecule has 0 saturated carbocycles. The van der Waals surface area contributed by atoms with Crippen molar-refractivity contribution in [3.63, 3.8) is 0 Å². The monoisotopic (exact) mass is 1090 g/mol. The summed E-state index contributed by atoms with van der Waals surface area (Å²) in [5.41, 5.74) is 0. The molecule has 9 nitrogen and oxygen atoms in total. The molecule has 0 rings (SSSR count). The number of amides is 1. The zero-order valence-electron chi connectivity index (χ0n) is 50.7. The minimum absolute atomic E-state index is 0.0289. The van der Waals surface area contributed by atoms with Crippen LogP contribution in [0.1, 0.15) is 297 Å². The first-order valence-electron chi connectivity index (χ1n) is 32.1. The zero-order chi connectivity index (χ0) is 55.7. The summed E-state index contributed by atoms with van der Waals surface area (Å²) in [5, 5.41) is 3.01. The molecule has 0 aromatic carbocycles. The van der Waals surface area contributed by atoms with Crippen LogP contribution in [0.5, 0.6) is 0 Å². The Kier molecular flexibility index (Phi) is 54.3. The van der Waals surface area contributed by atoms with Gasteiger partial charge in [-0.3, -0.25) is 14.2 Å². The molecule has 0 spiro atoms. The van der Waals surface area contributed by atoms with Gasteiger partial charge in [0.2, 0.25) is 5.91 Å². The summed E-state index contributed by atoms with van der Waals surface area (Å²) in [5.74, 6) is -0.569. The van der Waals surface area contributed by atoms with E-state index in [1.807, 2.05) is 33.3 Å². The van der Waals surface area contributed by atoms with Crippen molar-refractivity contribution in [3.05, 3.63) is 60.8 Å². The molecule has 0 aliphatic heterocycles. The summed E-state index contributed by atoms with van der Waals surface area (Å²) in [6.07, 6.45) is 70.6. The van der Waals surface area contributed by atoms with E-state index in [-0.39, 0.29) is 31.3 Å². The van der Waals surface area contributed by atoms with Gasteiger partial charge in [0, 0.05) is 12.8 Å². The lowest BCUT2D eigenvalue weighted by Crippen LogP contribution is -2.47. The molecule has 10 heteroatoms. The summed E-state index contributed by atoms with van der Waals surface area (Å²) in [6, 6.07) is -0.904. The third-order valence-electron chi connectivity index (χ3n) is 14.2. The number of likely N-dealkylation sites (N-methyl/N-ethyl adjacent to an activating group) is 1. The van der Waals surface area contributed by atoms with Crippen molar-refractivity contribution in [2.75, 3.05) is 40.9 Å². The van der Waals surface area contributed by atoms with Crippen LogP contribution in [0.15, 0.2) is 60.8 Å². The predicted molar refractivity (Wildman–Crippen MR) is 325 cm³/mol. The Morgan fingerprint density at radius 1 is 0.474 bits per heavy atom. The fourth-order valence-electron chi connectivity index (χ4n) is 9.28. The Morgan fingerprint density at radius 3 is 1.28 bits per heavy atom. The Morgan fingerprint density at radius 2 is 0.842 bits per heavy atom. The quantitative estimate of drug-likeness (QED) is 0.0212. The topological polar surface area (TPSA) is 114 Å². The molecule has 76 heavy (non-hydrogen) atoms. The van der Waals surface area contributed by atoms with Crippen LogP contribution >= 0.6 is 7.82 Å². The van der Waals surface area contributed by atoms with Gasteiger partial charge in [0.15, 0.2) is 0 Å². The predicted octanol–water partition coefficient (Wildman–Crippen LogP) is 19.2. The summed E-state index contributed by atoms with van der Waals surface area (Å²) in [6.45, 7) is 6.72. The number of unbranched alkanes of at least 4 members (excludes halogenated alkanes) is 34. The lowest BCUT2D eigenvalue weighted by atomic mass is 10.0. The largest absolute Gasteiger partial charge is 0.756 e. The van der Waals surface area contributed by atoms with E-state index >= 15 is 0 Å². The van der Waals surface area contributed by atoms with Gasteiger partial charge in [-0.1, -0.05) is 275 Å². The summed E-state index contributed by atoms with van der Waals surface area (Å²) in [7, 11) is 1.17. The molecule has 0 aliphatic rings. The minimum atomic E-state index is -4.71. The Labute approximate surface area is 471 Å². The van der Waals surface area contributed by atoms with E-state index in [2.05, 4.69) is 74.7 Å². The molecule has 0 aromatic heterocycles. The summed E-state index contributed by atoms with van der Waals surface area (Å²) in [4.78, 5) is 40.0. The van der Waals surface area contributed by atoms with Gasteiger partial charge >= 0.3 is 5.97 Å². The number of quaternary nitrogens is 1. The standard InChI is InChI=1S/C66H123N2O7P/c1-7-10-13-16-19-22-25-27-29-31-32-33-34-35-36-37-39-41-44-47-50-53-56-59-66(70)75-64(57-54-51-48-45-42-24-21-18-15-12-9-3)63(62-74-76(71,72)73-61-60-68(4,5)6)67-65(69)58-55-52-49-46-43-40-38-30-28-26-23-20-17-14-11-8-2/h11,14,20,23,28,30,40,43,54,57,63-64H,7-10,12-13,15-19,21-22,24-27,29,31-39,41-42,44-53,55-56,58-62H2,1-6H3,(H-,67,69,71,72)/b14-11+,23-20+,30-28+,43-40+,57-54-. The third kappa shape index (κ3) is 56.4. The lowest BCUT2D eigenvalue weighted by Gasteiger charge is -2.30. The molecule has 0 saturated heterocycles. The number of nitrogens with zero attached hydrogens (tertiary/aromatic N) is 1. The van der Waals surface area contributed by atoms with Crippen LogP contribution < -0.4 is 10.2 Å². The van der Waals surface area contributed by atoms with Crippen LogP contribution in [-0.2, 0) is 27.9 Å². The highest BCUT2D eigenvalue weighted by Crippen LogP contribution is 2.38. The minimum Gasteiger partial charge on any atom is -0.756 e. The average molecular weight is 1090 g/mol. The smallest absolute Gasteiger partial charge is 0.306 e. The number of carbonyl (C=O) groups excluding carboxylic acids is 2. The maximum atomic E-state index is 13.5. The number of nitrogens with one attached hydrogen (secondary N) is 1. The van der Waals surface area contributed by atoms with Crippen LogP contribution in [0.2, 0.25) is 0 Å². The third-order valence-corrected chi connectivity index (χ3v) is 15.2. The maximum Gasteiger partial charge on any atom is 0.306 e. The van der Waals surface area contributed by atoms with Gasteiger partial charge in [-0.25, -0.2) is 0 Å². The highest BCUT2D eigenvalue weighted by Gasteiger charge is 2.27. The first kappa shape index (κ1) is 73.7. The molecule has 3 atom stereocenters. The number of hydrogen-bond acceptors (Lipinski definition) is 7. The maximum absolute atomic E-state index is 13.5. The van der Waals surface area contributed by atoms with Crippen LogP contribution in [0, 0.1) is 0 Å². The van der Waals surface area contributed by atoms with Crippen LogP contribution in [0.3, 0.4) is 0 Å². The first-order valence-corrected chi connectivity index (χ1v) is 33.6. The van der Waals surface area contributed by atoms with Crippen molar-refractivity contribution in [3.8, 4) is 0 Å². The van der Waals surface area contributed by atoms with Crippen molar-refractivity contribution in [2.24, 2.45) is 0 Å². The normalized spacial score (nSPS) is 14.0. The molecule has 0 radical (unpaired) electrons. The Balaban J connectivity index is 5.13. The number of esters is 1. The Bertz CT molecular complexity index is 1490. The van der Waals surface area contributed by atoms with Gasteiger partial charge in [0.1, 0.15) is 19.3 Å². The molecule has 3 unspecified atom stereocenters. The number of hydrogen-bond donors (Lipinski definition) is 1. The number of carbonyl (C=O) groups is 2. The van der Waals surface area contributed by atoms with Crippen molar-refractivity contribution >= 4 is 19.7 Å². The van der Waals surface area contributed by atoms with Crippen LogP contribution in [0.25, 0.3) is 0 Å². The van der Waals surface area contributed by atoms with E-state index in [1.165, 1.54) is 173 Å². The number of rotatable bonds is 58. The molecular weight excluding hydrogens is 964 g/mol. The van der Waals surface area contributed by atoms with Crippen molar-refractivity contribution in [1.82, 2.24) is 5.32 Å². The molecule has 0 aliphatic carbocycles. The van der Waals surface area contributed by atoms with E-state index in [9.17, 15) is 19.0 Å². The number of allylic oxidation sites excluding steroid dienone is 9. The van der Waals surface area contributed by atoms with Gasteiger partial charge in [0.05, 0.1) is 33.8 Å². The zero-order valence-corrected chi connectivity index (χ0v) is 51.6. The summed E-state index contributed by atoms with van der Waals surface area (Å²) < 4.78 is 30.3. The fraction of sp³-hybridized carbons (Fsp3) is 0.818. The highest BCUT2D eigenvalue weighted by molar-refractivity contribution is 7.45. The highest BCUT2D eigenvalue weighted by atomic mass is 31.2. The molecule has 444 valence electrons. The van der Waals surface area contributed by atoms with Crippen LogP contribution in [-0.4, -0.2) is 69.4 Å². The molecule has 1 amide bonds. The number of phosphoric acid groups is 1. The first-order chi connectivity index (χ1) is 36.9. The Hall–Kier alpha value is -2.29. The lowest BCUT2D eigenvalue weighted by molar-refractivity contribution is -0.870. The molecular formula is C66H123N2O7P. The second kappa shape index (κ2) is 56.0. The van der Waals surface area contributed by atoms with Gasteiger partial charge in [-0.05, 0) is 70.3 Å². The van der Waals surface area contributed by atoms with Gasteiger partial charge < -0.3 is 28.5 Å². The molecule has 0 bridgehead atoms. The second-order valence-electron chi connectivity index (χ2n) is 22.9. The molecule has 1 N–H and O–H groups in total. The second-order valence-corrected chi connectivity index (χ2v) is 24.3. The van der Waals surface area contributed by atoms with Crippen molar-refractivity contribution in [2.45, 2.75) is 309 Å².